The Morgan fingerprint density at radius 2 is 2.19 bits per heavy atom. The maximum absolute atomic E-state index is 13.3. The van der Waals surface area contributed by atoms with Gasteiger partial charge in [-0.1, -0.05) is 6.92 Å². The Bertz CT molecular complexity index is 442. The first kappa shape index (κ1) is 12.8. The van der Waals surface area contributed by atoms with Crippen molar-refractivity contribution >= 4 is 10.8 Å². The molecule has 0 aliphatic rings. The van der Waals surface area contributed by atoms with E-state index in [9.17, 15) is 13.0 Å². The van der Waals surface area contributed by atoms with Crippen LogP contribution in [0.3, 0.4) is 0 Å². The van der Waals surface area contributed by atoms with E-state index in [4.69, 9.17) is 5.26 Å². The standard InChI is InChI=1S/C11H11F2NOS/c1-2-9(5-6-14)16(15)11-7-8(12)3-4-10(11)13/h3-4,7,9H,2,5H2,1H3. The zero-order chi connectivity index (χ0) is 12.1. The van der Waals surface area contributed by atoms with Crippen LogP contribution in [-0.2, 0) is 10.8 Å². The van der Waals surface area contributed by atoms with E-state index in [0.717, 1.165) is 18.2 Å². The van der Waals surface area contributed by atoms with E-state index in [1.54, 1.807) is 6.92 Å². The average molecular weight is 243 g/mol. The number of hydrogen-bond donors (Lipinski definition) is 0. The van der Waals surface area contributed by atoms with Crippen molar-refractivity contribution < 1.29 is 13.0 Å². The van der Waals surface area contributed by atoms with Gasteiger partial charge in [-0.2, -0.15) is 5.26 Å². The van der Waals surface area contributed by atoms with Crippen molar-refractivity contribution in [2.45, 2.75) is 29.9 Å². The molecule has 1 rings (SSSR count). The molecule has 5 heteroatoms. The molecule has 0 aliphatic heterocycles. The Morgan fingerprint density at radius 1 is 1.50 bits per heavy atom. The van der Waals surface area contributed by atoms with Gasteiger partial charge in [0.2, 0.25) is 0 Å². The van der Waals surface area contributed by atoms with Gasteiger partial charge in [-0.25, -0.2) is 8.78 Å². The number of nitrogens with zero attached hydrogens (tertiary/aromatic N) is 1. The van der Waals surface area contributed by atoms with Crippen LogP contribution in [0.2, 0.25) is 0 Å². The third kappa shape index (κ3) is 2.86. The van der Waals surface area contributed by atoms with E-state index in [-0.39, 0.29) is 11.3 Å². The lowest BCUT2D eigenvalue weighted by Crippen LogP contribution is -2.15. The van der Waals surface area contributed by atoms with E-state index in [1.165, 1.54) is 0 Å². The number of halogens is 2. The van der Waals surface area contributed by atoms with E-state index in [0.29, 0.717) is 6.42 Å². The highest BCUT2D eigenvalue weighted by Crippen LogP contribution is 2.20. The van der Waals surface area contributed by atoms with E-state index in [1.807, 2.05) is 6.07 Å². The van der Waals surface area contributed by atoms with Crippen molar-refractivity contribution in [1.29, 1.82) is 5.26 Å². The molecule has 0 aliphatic carbocycles. The Morgan fingerprint density at radius 3 is 2.75 bits per heavy atom. The molecule has 0 spiro atoms. The maximum Gasteiger partial charge on any atom is 0.139 e. The van der Waals surface area contributed by atoms with Gasteiger partial charge in [0.05, 0.1) is 27.0 Å². The molecule has 16 heavy (non-hydrogen) atoms. The van der Waals surface area contributed by atoms with Crippen LogP contribution in [-0.4, -0.2) is 9.46 Å². The van der Waals surface area contributed by atoms with Crippen molar-refractivity contribution in [2.24, 2.45) is 0 Å². The molecule has 86 valence electrons. The van der Waals surface area contributed by atoms with Gasteiger partial charge in [-0.05, 0) is 24.6 Å². The predicted molar refractivity (Wildman–Crippen MR) is 57.1 cm³/mol. The van der Waals surface area contributed by atoms with Crippen LogP contribution in [0, 0.1) is 23.0 Å². The molecule has 0 bridgehead atoms. The fraction of sp³-hybridized carbons (Fsp3) is 0.364. The molecular weight excluding hydrogens is 232 g/mol. The molecule has 1 aromatic rings. The van der Waals surface area contributed by atoms with E-state index < -0.39 is 27.7 Å². The van der Waals surface area contributed by atoms with Crippen molar-refractivity contribution in [2.75, 3.05) is 0 Å². The van der Waals surface area contributed by atoms with E-state index in [2.05, 4.69) is 0 Å². The molecular formula is C11H11F2NOS. The highest BCUT2D eigenvalue weighted by molar-refractivity contribution is 7.85. The van der Waals surface area contributed by atoms with Gasteiger partial charge in [0.15, 0.2) is 0 Å². The molecule has 0 N–H and O–H groups in total. The van der Waals surface area contributed by atoms with E-state index >= 15 is 0 Å². The summed E-state index contributed by atoms with van der Waals surface area (Å²) >= 11 is 0. The minimum atomic E-state index is -1.68. The minimum Gasteiger partial charge on any atom is -0.254 e. The maximum atomic E-state index is 13.3. The smallest absolute Gasteiger partial charge is 0.139 e. The monoisotopic (exact) mass is 243 g/mol. The van der Waals surface area contributed by atoms with Crippen LogP contribution >= 0.6 is 0 Å². The number of rotatable bonds is 4. The largest absolute Gasteiger partial charge is 0.254 e. The molecule has 0 fully saturated rings. The van der Waals surface area contributed by atoms with Crippen LogP contribution in [0.5, 0.6) is 0 Å². The second-order valence-corrected chi connectivity index (χ2v) is 4.97. The Hall–Kier alpha value is -1.28. The number of hydrogen-bond acceptors (Lipinski definition) is 2. The topological polar surface area (TPSA) is 40.9 Å². The van der Waals surface area contributed by atoms with Crippen LogP contribution in [0.4, 0.5) is 8.78 Å². The van der Waals surface area contributed by atoms with Gasteiger partial charge in [0.25, 0.3) is 0 Å². The van der Waals surface area contributed by atoms with Crippen LogP contribution < -0.4 is 0 Å². The lowest BCUT2D eigenvalue weighted by molar-refractivity contribution is 0.569. The highest BCUT2D eigenvalue weighted by atomic mass is 32.2. The molecule has 0 aromatic heterocycles. The summed E-state index contributed by atoms with van der Waals surface area (Å²) in [4.78, 5) is -0.165. The Balaban J connectivity index is 3.03. The highest BCUT2D eigenvalue weighted by Gasteiger charge is 2.20. The molecule has 0 amide bonds. The molecule has 0 saturated carbocycles. The van der Waals surface area contributed by atoms with Crippen LogP contribution in [0.15, 0.2) is 23.1 Å². The minimum absolute atomic E-state index is 0.0685. The molecule has 2 atom stereocenters. The van der Waals surface area contributed by atoms with Gasteiger partial charge in [-0.3, -0.25) is 4.21 Å². The third-order valence-electron chi connectivity index (χ3n) is 2.19. The fourth-order valence-electron chi connectivity index (χ4n) is 1.28. The lowest BCUT2D eigenvalue weighted by Gasteiger charge is -2.11. The van der Waals surface area contributed by atoms with Crippen LogP contribution in [0.25, 0.3) is 0 Å². The third-order valence-corrected chi connectivity index (χ3v) is 4.04. The van der Waals surface area contributed by atoms with Gasteiger partial charge in [-0.15, -0.1) is 0 Å². The summed E-state index contributed by atoms with van der Waals surface area (Å²) in [5, 5.41) is 8.08. The lowest BCUT2D eigenvalue weighted by atomic mass is 10.3. The van der Waals surface area contributed by atoms with Gasteiger partial charge in [0.1, 0.15) is 11.6 Å². The van der Waals surface area contributed by atoms with Gasteiger partial charge < -0.3 is 0 Å². The van der Waals surface area contributed by atoms with Gasteiger partial charge in [0, 0.05) is 6.42 Å². The molecule has 0 radical (unpaired) electrons. The fourth-order valence-corrected chi connectivity index (χ4v) is 2.66. The first-order valence-corrected chi connectivity index (χ1v) is 6.04. The molecule has 2 unspecified atom stereocenters. The number of benzene rings is 1. The van der Waals surface area contributed by atoms with Crippen LogP contribution in [0.1, 0.15) is 19.8 Å². The zero-order valence-corrected chi connectivity index (χ0v) is 9.56. The summed E-state index contributed by atoms with van der Waals surface area (Å²) in [6.07, 6.45) is 0.551. The van der Waals surface area contributed by atoms with Crippen molar-refractivity contribution in [3.63, 3.8) is 0 Å². The second-order valence-electron chi connectivity index (χ2n) is 3.26. The summed E-state index contributed by atoms with van der Waals surface area (Å²) < 4.78 is 38.1. The average Bonchev–Trinajstić information content (AvgIpc) is 2.28. The Kier molecular flexibility index (Phi) is 4.56. The quantitative estimate of drug-likeness (QED) is 0.815. The molecule has 0 heterocycles. The van der Waals surface area contributed by atoms with Gasteiger partial charge >= 0.3 is 0 Å². The molecule has 0 saturated heterocycles. The summed E-state index contributed by atoms with van der Waals surface area (Å²) in [7, 11) is -1.68. The number of nitriles is 1. The SMILES string of the molecule is CCC(CC#N)S(=O)c1cc(F)ccc1F. The molecule has 1 aromatic carbocycles. The van der Waals surface area contributed by atoms with Crippen molar-refractivity contribution in [3.05, 3.63) is 29.8 Å². The zero-order valence-electron chi connectivity index (χ0n) is 8.74. The summed E-state index contributed by atoms with van der Waals surface area (Å²) in [5.41, 5.74) is 0. The molecule has 2 nitrogen and oxygen atoms in total. The first-order valence-electron chi connectivity index (χ1n) is 4.82. The first-order chi connectivity index (χ1) is 7.60. The summed E-state index contributed by atoms with van der Waals surface area (Å²) in [5.74, 6) is -1.33. The summed E-state index contributed by atoms with van der Waals surface area (Å²) in [6.45, 7) is 1.76. The van der Waals surface area contributed by atoms with Crippen molar-refractivity contribution in [1.82, 2.24) is 0 Å². The van der Waals surface area contributed by atoms with Crippen molar-refractivity contribution in [3.8, 4) is 6.07 Å². The second kappa shape index (κ2) is 5.71. The summed E-state index contributed by atoms with van der Waals surface area (Å²) in [6, 6.07) is 4.74. The predicted octanol–water partition coefficient (Wildman–Crippen LogP) is 2.76. The normalized spacial score (nSPS) is 14.1. The Labute approximate surface area is 95.4 Å².